The molecule has 0 saturated heterocycles. The van der Waals surface area contributed by atoms with Crippen LogP contribution in [-0.2, 0) is 13.6 Å². The summed E-state index contributed by atoms with van der Waals surface area (Å²) in [4.78, 5) is 6.38. The van der Waals surface area contributed by atoms with Crippen molar-refractivity contribution in [3.8, 4) is 0 Å². The number of imidazole rings is 1. The van der Waals surface area contributed by atoms with Crippen molar-refractivity contribution in [3.63, 3.8) is 0 Å². The van der Waals surface area contributed by atoms with Crippen LogP contribution in [0.25, 0.3) is 0 Å². The maximum atomic E-state index is 4.30. The molecule has 6 heteroatoms. The predicted octanol–water partition coefficient (Wildman–Crippen LogP) is 2.03. The van der Waals surface area contributed by atoms with Crippen LogP contribution in [0.15, 0.2) is 12.4 Å². The zero-order valence-electron chi connectivity index (χ0n) is 10.6. The second-order valence-electron chi connectivity index (χ2n) is 4.39. The van der Waals surface area contributed by atoms with Crippen LogP contribution in [-0.4, -0.2) is 26.8 Å². The zero-order valence-corrected chi connectivity index (χ0v) is 11.4. The lowest BCUT2D eigenvalue weighted by Gasteiger charge is -2.14. The summed E-state index contributed by atoms with van der Waals surface area (Å²) in [6.45, 7) is 5.00. The van der Waals surface area contributed by atoms with Gasteiger partial charge in [-0.05, 0) is 0 Å². The van der Waals surface area contributed by atoms with Crippen molar-refractivity contribution in [2.24, 2.45) is 7.05 Å². The van der Waals surface area contributed by atoms with Crippen molar-refractivity contribution < 1.29 is 0 Å². The summed E-state index contributed by atoms with van der Waals surface area (Å²) in [5, 5.41) is 10.4. The van der Waals surface area contributed by atoms with Crippen LogP contribution in [0.1, 0.15) is 30.6 Å². The van der Waals surface area contributed by atoms with E-state index in [4.69, 9.17) is 0 Å². The van der Waals surface area contributed by atoms with Gasteiger partial charge in [0.15, 0.2) is 0 Å². The third-order valence-electron chi connectivity index (χ3n) is 2.55. The second kappa shape index (κ2) is 4.83. The smallest absolute Gasteiger partial charge is 0.208 e. The summed E-state index contributed by atoms with van der Waals surface area (Å²) in [6.07, 6.45) is 3.76. The fraction of sp³-hybridized carbons (Fsp3) is 0.545. The van der Waals surface area contributed by atoms with Gasteiger partial charge in [0.1, 0.15) is 10.8 Å². The highest BCUT2D eigenvalue weighted by Crippen LogP contribution is 2.25. The largest absolute Gasteiger partial charge is 0.342 e. The third-order valence-corrected chi connectivity index (χ3v) is 3.89. The van der Waals surface area contributed by atoms with Crippen molar-refractivity contribution in [2.45, 2.75) is 26.3 Å². The number of hydrogen-bond acceptors (Lipinski definition) is 5. The molecule has 0 unspecified atom stereocenters. The predicted molar refractivity (Wildman–Crippen MR) is 69.3 cm³/mol. The summed E-state index contributed by atoms with van der Waals surface area (Å²) in [7, 11) is 4.01. The van der Waals surface area contributed by atoms with E-state index in [-0.39, 0.29) is 0 Å². The lowest BCUT2D eigenvalue weighted by molar-refractivity contribution is 0.754. The molecule has 92 valence electrons. The Hall–Kier alpha value is -1.43. The Balaban J connectivity index is 2.09. The molecule has 0 aliphatic rings. The van der Waals surface area contributed by atoms with Gasteiger partial charge in [-0.2, -0.15) is 0 Å². The lowest BCUT2D eigenvalue weighted by atomic mass is 10.2. The first-order valence-electron chi connectivity index (χ1n) is 5.58. The van der Waals surface area contributed by atoms with E-state index >= 15 is 0 Å². The number of aromatic nitrogens is 4. The van der Waals surface area contributed by atoms with Crippen LogP contribution in [0.4, 0.5) is 5.13 Å². The molecule has 2 heterocycles. The quantitative estimate of drug-likeness (QED) is 0.834. The van der Waals surface area contributed by atoms with E-state index in [2.05, 4.69) is 33.9 Å². The molecule has 2 aromatic rings. The molecule has 0 aliphatic heterocycles. The first-order valence-corrected chi connectivity index (χ1v) is 6.40. The van der Waals surface area contributed by atoms with Gasteiger partial charge in [0.2, 0.25) is 5.13 Å². The Bertz CT molecular complexity index is 488. The second-order valence-corrected chi connectivity index (χ2v) is 5.38. The molecule has 5 nitrogen and oxygen atoms in total. The Morgan fingerprint density at radius 1 is 1.41 bits per heavy atom. The Morgan fingerprint density at radius 3 is 2.71 bits per heavy atom. The average Bonchev–Trinajstić information content (AvgIpc) is 2.88. The van der Waals surface area contributed by atoms with Crippen LogP contribution in [0.2, 0.25) is 0 Å². The van der Waals surface area contributed by atoms with Crippen molar-refractivity contribution in [3.05, 3.63) is 23.2 Å². The lowest BCUT2D eigenvalue weighted by Crippen LogP contribution is -2.18. The number of anilines is 1. The molecule has 0 bridgehead atoms. The van der Waals surface area contributed by atoms with Gasteiger partial charge in [-0.15, -0.1) is 10.2 Å². The number of rotatable bonds is 4. The van der Waals surface area contributed by atoms with E-state index in [1.54, 1.807) is 11.3 Å². The van der Waals surface area contributed by atoms with Crippen LogP contribution >= 0.6 is 11.3 Å². The normalized spacial score (nSPS) is 11.1. The Morgan fingerprint density at radius 2 is 2.18 bits per heavy atom. The van der Waals surface area contributed by atoms with Gasteiger partial charge in [-0.3, -0.25) is 0 Å². The van der Waals surface area contributed by atoms with E-state index in [0.717, 1.165) is 22.5 Å². The average molecular weight is 251 g/mol. The van der Waals surface area contributed by atoms with E-state index in [1.807, 2.05) is 31.1 Å². The van der Waals surface area contributed by atoms with Crippen LogP contribution < -0.4 is 4.90 Å². The first-order chi connectivity index (χ1) is 8.08. The summed E-state index contributed by atoms with van der Waals surface area (Å²) in [5.74, 6) is 1.46. The molecule has 0 aliphatic carbocycles. The molecule has 0 radical (unpaired) electrons. The van der Waals surface area contributed by atoms with Crippen molar-refractivity contribution in [1.29, 1.82) is 0 Å². The molecule has 2 aromatic heterocycles. The highest BCUT2D eigenvalue weighted by molar-refractivity contribution is 7.15. The van der Waals surface area contributed by atoms with Crippen molar-refractivity contribution >= 4 is 16.5 Å². The molecule has 0 amide bonds. The maximum absolute atomic E-state index is 4.30. The van der Waals surface area contributed by atoms with E-state index in [0.29, 0.717) is 5.92 Å². The van der Waals surface area contributed by atoms with Gasteiger partial charge in [-0.1, -0.05) is 25.2 Å². The fourth-order valence-electron chi connectivity index (χ4n) is 1.44. The van der Waals surface area contributed by atoms with Gasteiger partial charge in [0, 0.05) is 32.4 Å². The number of hydrogen-bond donors (Lipinski definition) is 0. The van der Waals surface area contributed by atoms with Crippen molar-refractivity contribution in [2.75, 3.05) is 11.9 Å². The molecule has 0 N–H and O–H groups in total. The summed E-state index contributed by atoms with van der Waals surface area (Å²) >= 11 is 1.64. The van der Waals surface area contributed by atoms with Gasteiger partial charge in [0.05, 0.1) is 6.54 Å². The van der Waals surface area contributed by atoms with Gasteiger partial charge < -0.3 is 9.47 Å². The SMILES string of the molecule is CC(C)c1nnc(N(C)Cc2nccn2C)s1. The first kappa shape index (κ1) is 12.0. The monoisotopic (exact) mass is 251 g/mol. The molecule has 0 atom stereocenters. The van der Waals surface area contributed by atoms with E-state index in [9.17, 15) is 0 Å². The fourth-order valence-corrected chi connectivity index (χ4v) is 2.25. The van der Waals surface area contributed by atoms with Gasteiger partial charge in [0.25, 0.3) is 0 Å². The van der Waals surface area contributed by atoms with Gasteiger partial charge in [-0.25, -0.2) is 4.98 Å². The Kier molecular flexibility index (Phi) is 3.42. The molecule has 0 spiro atoms. The zero-order chi connectivity index (χ0) is 12.4. The highest BCUT2D eigenvalue weighted by Gasteiger charge is 2.12. The van der Waals surface area contributed by atoms with Crippen LogP contribution in [0.5, 0.6) is 0 Å². The number of nitrogens with zero attached hydrogens (tertiary/aromatic N) is 5. The Labute approximate surface area is 105 Å². The van der Waals surface area contributed by atoms with Gasteiger partial charge >= 0.3 is 0 Å². The summed E-state index contributed by atoms with van der Waals surface area (Å²) in [5.41, 5.74) is 0. The summed E-state index contributed by atoms with van der Waals surface area (Å²) < 4.78 is 2.01. The van der Waals surface area contributed by atoms with Crippen LogP contribution in [0, 0.1) is 0 Å². The van der Waals surface area contributed by atoms with Crippen molar-refractivity contribution in [1.82, 2.24) is 19.7 Å². The van der Waals surface area contributed by atoms with Crippen LogP contribution in [0.3, 0.4) is 0 Å². The molecule has 0 saturated carbocycles. The summed E-state index contributed by atoms with van der Waals surface area (Å²) in [6, 6.07) is 0. The number of aryl methyl sites for hydroxylation is 1. The molecular formula is C11H17N5S. The molecule has 17 heavy (non-hydrogen) atoms. The topological polar surface area (TPSA) is 46.8 Å². The molecule has 0 fully saturated rings. The molecule has 0 aromatic carbocycles. The maximum Gasteiger partial charge on any atom is 0.208 e. The molecular weight excluding hydrogens is 234 g/mol. The highest BCUT2D eigenvalue weighted by atomic mass is 32.1. The van der Waals surface area contributed by atoms with E-state index in [1.165, 1.54) is 0 Å². The minimum absolute atomic E-state index is 0.433. The minimum atomic E-state index is 0.433. The molecule has 2 rings (SSSR count). The minimum Gasteiger partial charge on any atom is -0.342 e. The standard InChI is InChI=1S/C11H17N5S/c1-8(2)10-13-14-11(17-10)16(4)7-9-12-5-6-15(9)3/h5-6,8H,7H2,1-4H3. The van der Waals surface area contributed by atoms with E-state index < -0.39 is 0 Å². The third kappa shape index (κ3) is 2.63.